The SMILES string of the molecule is CCc1cc2c(Sc3ccc(F)cc3F)nc(Cl)nc2s1. The molecule has 108 valence electrons. The lowest BCUT2D eigenvalue weighted by Gasteiger charge is -2.04. The first-order valence-electron chi connectivity index (χ1n) is 6.15. The number of benzene rings is 1. The van der Waals surface area contributed by atoms with Crippen LogP contribution in [0.4, 0.5) is 8.78 Å². The minimum Gasteiger partial charge on any atom is -0.210 e. The van der Waals surface area contributed by atoms with Gasteiger partial charge in [0.15, 0.2) is 0 Å². The van der Waals surface area contributed by atoms with E-state index in [0.717, 1.165) is 39.3 Å². The molecule has 0 saturated carbocycles. The zero-order valence-electron chi connectivity index (χ0n) is 10.9. The van der Waals surface area contributed by atoms with Crippen LogP contribution in [0, 0.1) is 11.6 Å². The van der Waals surface area contributed by atoms with Crippen LogP contribution in [0.5, 0.6) is 0 Å². The highest BCUT2D eigenvalue weighted by Crippen LogP contribution is 2.37. The van der Waals surface area contributed by atoms with Gasteiger partial charge < -0.3 is 0 Å². The molecule has 2 heterocycles. The molecule has 7 heteroatoms. The Morgan fingerprint density at radius 1 is 1.24 bits per heavy atom. The fourth-order valence-electron chi connectivity index (χ4n) is 1.83. The monoisotopic (exact) mass is 342 g/mol. The molecule has 21 heavy (non-hydrogen) atoms. The van der Waals surface area contributed by atoms with E-state index < -0.39 is 11.6 Å². The molecule has 0 radical (unpaired) electrons. The summed E-state index contributed by atoms with van der Waals surface area (Å²) in [7, 11) is 0. The molecule has 0 fully saturated rings. The zero-order chi connectivity index (χ0) is 15.0. The second-order valence-corrected chi connectivity index (χ2v) is 6.74. The summed E-state index contributed by atoms with van der Waals surface area (Å²) in [4.78, 5) is 10.6. The van der Waals surface area contributed by atoms with Crippen molar-refractivity contribution in [2.45, 2.75) is 23.3 Å². The summed E-state index contributed by atoms with van der Waals surface area (Å²) in [5.74, 6) is -1.22. The van der Waals surface area contributed by atoms with E-state index in [9.17, 15) is 8.78 Å². The number of hydrogen-bond donors (Lipinski definition) is 0. The van der Waals surface area contributed by atoms with Gasteiger partial charge in [-0.1, -0.05) is 18.7 Å². The fourth-order valence-corrected chi connectivity index (χ4v) is 4.03. The van der Waals surface area contributed by atoms with Crippen LogP contribution in [-0.2, 0) is 6.42 Å². The van der Waals surface area contributed by atoms with Crippen molar-refractivity contribution in [1.82, 2.24) is 9.97 Å². The van der Waals surface area contributed by atoms with Crippen LogP contribution in [0.1, 0.15) is 11.8 Å². The van der Waals surface area contributed by atoms with Crippen LogP contribution in [0.15, 0.2) is 34.2 Å². The first-order valence-corrected chi connectivity index (χ1v) is 8.16. The highest BCUT2D eigenvalue weighted by Gasteiger charge is 2.14. The minimum atomic E-state index is -0.617. The van der Waals surface area contributed by atoms with E-state index in [4.69, 9.17) is 11.6 Å². The first-order chi connectivity index (χ1) is 10.1. The van der Waals surface area contributed by atoms with Gasteiger partial charge in [0.1, 0.15) is 21.5 Å². The van der Waals surface area contributed by atoms with Gasteiger partial charge in [-0.2, -0.15) is 0 Å². The van der Waals surface area contributed by atoms with Crippen LogP contribution < -0.4 is 0 Å². The van der Waals surface area contributed by atoms with Crippen molar-refractivity contribution in [3.05, 3.63) is 46.1 Å². The third-order valence-electron chi connectivity index (χ3n) is 2.83. The summed E-state index contributed by atoms with van der Waals surface area (Å²) in [6.45, 7) is 2.05. The highest BCUT2D eigenvalue weighted by atomic mass is 35.5. The summed E-state index contributed by atoms with van der Waals surface area (Å²) < 4.78 is 26.7. The predicted molar refractivity (Wildman–Crippen MR) is 82.3 cm³/mol. The minimum absolute atomic E-state index is 0.122. The number of hydrogen-bond acceptors (Lipinski definition) is 4. The van der Waals surface area contributed by atoms with E-state index in [2.05, 4.69) is 9.97 Å². The average molecular weight is 343 g/mol. The molecule has 0 aliphatic heterocycles. The number of aromatic nitrogens is 2. The number of nitrogens with zero attached hydrogens (tertiary/aromatic N) is 2. The molecule has 3 rings (SSSR count). The Hall–Kier alpha value is -1.24. The Labute approximate surface area is 133 Å². The lowest BCUT2D eigenvalue weighted by Crippen LogP contribution is -1.88. The first kappa shape index (κ1) is 14.7. The zero-order valence-corrected chi connectivity index (χ0v) is 13.3. The summed E-state index contributed by atoms with van der Waals surface area (Å²) in [5, 5.41) is 1.54. The maximum Gasteiger partial charge on any atom is 0.224 e. The normalized spacial score (nSPS) is 11.2. The smallest absolute Gasteiger partial charge is 0.210 e. The van der Waals surface area contributed by atoms with Crippen LogP contribution in [0.2, 0.25) is 5.28 Å². The Morgan fingerprint density at radius 3 is 2.76 bits per heavy atom. The van der Waals surface area contributed by atoms with Crippen LogP contribution in [-0.4, -0.2) is 9.97 Å². The van der Waals surface area contributed by atoms with Gasteiger partial charge in [0.05, 0.1) is 0 Å². The van der Waals surface area contributed by atoms with E-state index in [0.29, 0.717) is 9.92 Å². The maximum atomic E-state index is 13.8. The quantitative estimate of drug-likeness (QED) is 0.475. The molecule has 0 atom stereocenters. The van der Waals surface area contributed by atoms with E-state index in [1.165, 1.54) is 12.1 Å². The maximum absolute atomic E-state index is 13.8. The largest absolute Gasteiger partial charge is 0.224 e. The van der Waals surface area contributed by atoms with Crippen LogP contribution in [0.3, 0.4) is 0 Å². The Balaban J connectivity index is 2.08. The van der Waals surface area contributed by atoms with Crippen molar-refractivity contribution >= 4 is 44.9 Å². The number of thiophene rings is 1. The third kappa shape index (κ3) is 3.02. The van der Waals surface area contributed by atoms with Crippen LogP contribution in [0.25, 0.3) is 10.2 Å². The second-order valence-electron chi connectivity index (χ2n) is 4.26. The van der Waals surface area contributed by atoms with Crippen molar-refractivity contribution in [2.75, 3.05) is 0 Å². The number of aryl methyl sites for hydroxylation is 1. The molecular formula is C14H9ClF2N2S2. The molecule has 2 aromatic heterocycles. The molecule has 0 aliphatic rings. The van der Waals surface area contributed by atoms with E-state index >= 15 is 0 Å². The number of rotatable bonds is 3. The van der Waals surface area contributed by atoms with Crippen molar-refractivity contribution < 1.29 is 8.78 Å². The highest BCUT2D eigenvalue weighted by molar-refractivity contribution is 7.99. The Bertz CT molecular complexity index is 820. The van der Waals surface area contributed by atoms with Gasteiger partial charge >= 0.3 is 0 Å². The van der Waals surface area contributed by atoms with E-state index in [1.54, 1.807) is 11.3 Å². The van der Waals surface area contributed by atoms with E-state index in [-0.39, 0.29) is 5.28 Å². The molecule has 0 bridgehead atoms. The summed E-state index contributed by atoms with van der Waals surface area (Å²) in [6.07, 6.45) is 0.883. The molecule has 3 aromatic rings. The standard InChI is InChI=1S/C14H9ClF2N2S2/c1-2-8-6-9-12(20-8)18-14(15)19-13(9)21-11-4-3-7(16)5-10(11)17/h3-6H,2H2,1H3. The topological polar surface area (TPSA) is 25.8 Å². The van der Waals surface area contributed by atoms with Gasteiger partial charge in [-0.05, 0) is 36.2 Å². The van der Waals surface area contributed by atoms with Crippen molar-refractivity contribution in [2.24, 2.45) is 0 Å². The third-order valence-corrected chi connectivity index (χ3v) is 5.23. The molecule has 1 aromatic carbocycles. The molecule has 0 amide bonds. The Kier molecular flexibility index (Phi) is 4.10. The van der Waals surface area contributed by atoms with Gasteiger partial charge in [-0.3, -0.25) is 0 Å². The lowest BCUT2D eigenvalue weighted by molar-refractivity contribution is 0.565. The Morgan fingerprint density at radius 2 is 2.05 bits per heavy atom. The van der Waals surface area contributed by atoms with Crippen LogP contribution >= 0.6 is 34.7 Å². The average Bonchev–Trinajstić information content (AvgIpc) is 2.85. The van der Waals surface area contributed by atoms with Crippen molar-refractivity contribution in [3.8, 4) is 0 Å². The summed E-state index contributed by atoms with van der Waals surface area (Å²) in [6, 6.07) is 5.45. The molecule has 0 N–H and O–H groups in total. The number of halogens is 3. The second kappa shape index (κ2) is 5.87. The van der Waals surface area contributed by atoms with Gasteiger partial charge in [-0.15, -0.1) is 11.3 Å². The van der Waals surface area contributed by atoms with Gasteiger partial charge in [-0.25, -0.2) is 18.7 Å². The lowest BCUT2D eigenvalue weighted by atomic mass is 10.3. The van der Waals surface area contributed by atoms with Gasteiger partial charge in [0.25, 0.3) is 0 Å². The molecule has 0 saturated heterocycles. The van der Waals surface area contributed by atoms with Gasteiger partial charge in [0.2, 0.25) is 5.28 Å². The summed E-state index contributed by atoms with van der Waals surface area (Å²) in [5.41, 5.74) is 0. The van der Waals surface area contributed by atoms with Crippen molar-refractivity contribution in [3.63, 3.8) is 0 Å². The molecule has 0 spiro atoms. The molecule has 0 aliphatic carbocycles. The molecular weight excluding hydrogens is 334 g/mol. The number of fused-ring (bicyclic) bond motifs is 1. The summed E-state index contributed by atoms with van der Waals surface area (Å²) >= 11 is 8.58. The van der Waals surface area contributed by atoms with Crippen molar-refractivity contribution in [1.29, 1.82) is 0 Å². The molecule has 2 nitrogen and oxygen atoms in total. The predicted octanol–water partition coefficient (Wildman–Crippen LogP) is 5.34. The molecule has 0 unspecified atom stereocenters. The van der Waals surface area contributed by atoms with E-state index in [1.807, 2.05) is 13.0 Å². The fraction of sp³-hybridized carbons (Fsp3) is 0.143. The van der Waals surface area contributed by atoms with Gasteiger partial charge in [0, 0.05) is 21.2 Å².